The van der Waals surface area contributed by atoms with E-state index in [4.69, 9.17) is 0 Å². The highest BCUT2D eigenvalue weighted by Gasteiger charge is 1.97. The van der Waals surface area contributed by atoms with Crippen LogP contribution in [0.4, 0.5) is 0 Å². The molecule has 0 bridgehead atoms. The monoisotopic (exact) mass is 244 g/mol. The molecule has 1 rings (SSSR count). The van der Waals surface area contributed by atoms with Crippen molar-refractivity contribution in [3.8, 4) is 0 Å². The molecule has 98 valence electrons. The second-order valence-corrected chi connectivity index (χ2v) is 4.73. The van der Waals surface area contributed by atoms with Crippen LogP contribution in [0.2, 0.25) is 0 Å². The quantitative estimate of drug-likeness (QED) is 0.440. The first-order valence-corrected chi connectivity index (χ1v) is 7.09. The van der Waals surface area contributed by atoms with Gasteiger partial charge in [-0.05, 0) is 18.1 Å². The number of carbonyl (C=O) groups is 1. The first-order chi connectivity index (χ1) is 8.83. The van der Waals surface area contributed by atoms with E-state index in [-0.39, 0.29) is 5.78 Å². The van der Waals surface area contributed by atoms with Crippen molar-refractivity contribution in [1.82, 2.24) is 0 Å². The summed E-state index contributed by atoms with van der Waals surface area (Å²) in [5, 5.41) is 0. The van der Waals surface area contributed by atoms with E-state index < -0.39 is 0 Å². The van der Waals surface area contributed by atoms with Gasteiger partial charge in [0.15, 0.2) is 5.78 Å². The van der Waals surface area contributed by atoms with Crippen molar-refractivity contribution < 1.29 is 4.79 Å². The molecule has 0 N–H and O–H groups in total. The molecule has 1 nitrogen and oxygen atoms in total. The molecule has 18 heavy (non-hydrogen) atoms. The molecule has 0 aliphatic rings. The minimum atomic E-state index is 0.245. The summed E-state index contributed by atoms with van der Waals surface area (Å²) in [4.78, 5) is 11.6. The highest BCUT2D eigenvalue weighted by Crippen LogP contribution is 2.08. The fourth-order valence-electron chi connectivity index (χ4n) is 1.92. The molecule has 0 aliphatic heterocycles. The molecule has 0 atom stereocenters. The third-order valence-electron chi connectivity index (χ3n) is 3.04. The third-order valence-corrected chi connectivity index (χ3v) is 3.04. The van der Waals surface area contributed by atoms with E-state index >= 15 is 0 Å². The number of unbranched alkanes of at least 4 members (excludes halogenated alkanes) is 5. The molecule has 0 saturated carbocycles. The third kappa shape index (κ3) is 7.05. The molecule has 0 heterocycles. The zero-order valence-electron chi connectivity index (χ0n) is 11.4. The maximum Gasteiger partial charge on any atom is 0.155 e. The van der Waals surface area contributed by atoms with Gasteiger partial charge in [-0.15, -0.1) is 0 Å². The first-order valence-electron chi connectivity index (χ1n) is 7.09. The number of benzene rings is 1. The molecular weight excluding hydrogens is 220 g/mol. The van der Waals surface area contributed by atoms with Gasteiger partial charge in [-0.3, -0.25) is 4.79 Å². The van der Waals surface area contributed by atoms with Gasteiger partial charge in [0.2, 0.25) is 0 Å². The average molecular weight is 244 g/mol. The van der Waals surface area contributed by atoms with E-state index in [1.807, 2.05) is 36.4 Å². The van der Waals surface area contributed by atoms with Crippen molar-refractivity contribution >= 4 is 11.9 Å². The fourth-order valence-corrected chi connectivity index (χ4v) is 1.92. The van der Waals surface area contributed by atoms with Gasteiger partial charge >= 0.3 is 0 Å². The molecule has 0 spiro atoms. The number of hydrogen-bond donors (Lipinski definition) is 0. The Morgan fingerprint density at radius 1 is 1.00 bits per heavy atom. The summed E-state index contributed by atoms with van der Waals surface area (Å²) in [7, 11) is 0. The standard InChI is InChI=1S/C17H24O/c1-2-3-4-5-6-10-13-17(18)15-14-16-11-8-7-9-12-16/h7-9,11-12,14-15H,2-6,10,13H2,1H3/b15-14+. The van der Waals surface area contributed by atoms with Gasteiger partial charge < -0.3 is 0 Å². The molecular formula is C17H24O. The van der Waals surface area contributed by atoms with E-state index in [1.165, 1.54) is 32.1 Å². The second kappa shape index (κ2) is 9.64. The summed E-state index contributed by atoms with van der Waals surface area (Å²) < 4.78 is 0. The Labute approximate surface area is 111 Å². The van der Waals surface area contributed by atoms with Crippen molar-refractivity contribution in [1.29, 1.82) is 0 Å². The Bertz CT molecular complexity index is 351. The SMILES string of the molecule is CCCCCCCCC(=O)/C=C/c1ccccc1. The van der Waals surface area contributed by atoms with Gasteiger partial charge in [0.25, 0.3) is 0 Å². The highest BCUT2D eigenvalue weighted by atomic mass is 16.1. The minimum Gasteiger partial charge on any atom is -0.295 e. The molecule has 1 heteroatoms. The van der Waals surface area contributed by atoms with Crippen LogP contribution < -0.4 is 0 Å². The van der Waals surface area contributed by atoms with Crippen LogP contribution >= 0.6 is 0 Å². The van der Waals surface area contributed by atoms with Crippen LogP contribution in [-0.2, 0) is 4.79 Å². The second-order valence-electron chi connectivity index (χ2n) is 4.73. The Balaban J connectivity index is 2.12. The largest absolute Gasteiger partial charge is 0.295 e. The predicted molar refractivity (Wildman–Crippen MR) is 78.5 cm³/mol. The zero-order chi connectivity index (χ0) is 13.1. The maximum absolute atomic E-state index is 11.6. The van der Waals surface area contributed by atoms with Crippen LogP contribution in [0, 0.1) is 0 Å². The van der Waals surface area contributed by atoms with E-state index in [2.05, 4.69) is 6.92 Å². The average Bonchev–Trinajstić information content (AvgIpc) is 2.41. The summed E-state index contributed by atoms with van der Waals surface area (Å²) in [6.45, 7) is 2.22. The lowest BCUT2D eigenvalue weighted by Crippen LogP contribution is -1.92. The lowest BCUT2D eigenvalue weighted by Gasteiger charge is -1.98. The predicted octanol–water partition coefficient (Wildman–Crippen LogP) is 5.02. The van der Waals surface area contributed by atoms with Gasteiger partial charge in [-0.1, -0.05) is 75.4 Å². The molecule has 1 aromatic carbocycles. The van der Waals surface area contributed by atoms with Gasteiger partial charge in [0.05, 0.1) is 0 Å². The van der Waals surface area contributed by atoms with Crippen LogP contribution in [0.25, 0.3) is 6.08 Å². The van der Waals surface area contributed by atoms with Crippen LogP contribution in [0.15, 0.2) is 36.4 Å². The first kappa shape index (κ1) is 14.7. The van der Waals surface area contributed by atoms with E-state index in [9.17, 15) is 4.79 Å². The van der Waals surface area contributed by atoms with E-state index in [1.54, 1.807) is 6.08 Å². The smallest absolute Gasteiger partial charge is 0.155 e. The van der Waals surface area contributed by atoms with Gasteiger partial charge in [-0.2, -0.15) is 0 Å². The summed E-state index contributed by atoms with van der Waals surface area (Å²) in [5.41, 5.74) is 1.09. The number of ketones is 1. The number of allylic oxidation sites excluding steroid dienone is 1. The molecule has 0 fully saturated rings. The Morgan fingerprint density at radius 3 is 2.39 bits per heavy atom. The normalized spacial score (nSPS) is 10.9. The Hall–Kier alpha value is -1.37. The lowest BCUT2D eigenvalue weighted by molar-refractivity contribution is -0.114. The number of carbonyl (C=O) groups excluding carboxylic acids is 1. The van der Waals surface area contributed by atoms with Crippen molar-refractivity contribution in [2.45, 2.75) is 51.9 Å². The van der Waals surface area contributed by atoms with Gasteiger partial charge in [0.1, 0.15) is 0 Å². The van der Waals surface area contributed by atoms with Gasteiger partial charge in [0, 0.05) is 6.42 Å². The van der Waals surface area contributed by atoms with Crippen LogP contribution in [0.3, 0.4) is 0 Å². The Kier molecular flexibility index (Phi) is 7.87. The van der Waals surface area contributed by atoms with Gasteiger partial charge in [-0.25, -0.2) is 0 Å². The number of hydrogen-bond acceptors (Lipinski definition) is 1. The summed E-state index contributed by atoms with van der Waals surface area (Å²) >= 11 is 0. The van der Waals surface area contributed by atoms with Crippen LogP contribution in [0.5, 0.6) is 0 Å². The fraction of sp³-hybridized carbons (Fsp3) is 0.471. The molecule has 0 aromatic heterocycles. The topological polar surface area (TPSA) is 17.1 Å². The number of rotatable bonds is 9. The minimum absolute atomic E-state index is 0.245. The molecule has 0 unspecified atom stereocenters. The van der Waals surface area contributed by atoms with Crippen LogP contribution in [0.1, 0.15) is 57.4 Å². The van der Waals surface area contributed by atoms with E-state index in [0.717, 1.165) is 12.0 Å². The summed E-state index contributed by atoms with van der Waals surface area (Å²) in [6, 6.07) is 9.97. The molecule has 0 aliphatic carbocycles. The highest BCUT2D eigenvalue weighted by molar-refractivity contribution is 5.93. The van der Waals surface area contributed by atoms with Crippen molar-refractivity contribution in [3.63, 3.8) is 0 Å². The maximum atomic E-state index is 11.6. The van der Waals surface area contributed by atoms with Crippen molar-refractivity contribution in [3.05, 3.63) is 42.0 Å². The molecule has 0 saturated heterocycles. The zero-order valence-corrected chi connectivity index (χ0v) is 11.4. The Morgan fingerprint density at radius 2 is 1.67 bits per heavy atom. The molecule has 0 radical (unpaired) electrons. The molecule has 0 amide bonds. The van der Waals surface area contributed by atoms with Crippen molar-refractivity contribution in [2.75, 3.05) is 0 Å². The lowest BCUT2D eigenvalue weighted by atomic mass is 10.1. The summed E-state index contributed by atoms with van der Waals surface area (Å²) in [5.74, 6) is 0.245. The van der Waals surface area contributed by atoms with Crippen LogP contribution in [-0.4, -0.2) is 5.78 Å². The van der Waals surface area contributed by atoms with Crippen molar-refractivity contribution in [2.24, 2.45) is 0 Å². The summed E-state index contributed by atoms with van der Waals surface area (Å²) in [6.07, 6.45) is 11.7. The van der Waals surface area contributed by atoms with E-state index in [0.29, 0.717) is 6.42 Å². The molecule has 1 aromatic rings.